The van der Waals surface area contributed by atoms with Crippen LogP contribution in [0, 0.1) is 0 Å². The van der Waals surface area contributed by atoms with E-state index in [9.17, 15) is 0 Å². The van der Waals surface area contributed by atoms with Crippen LogP contribution in [0.4, 0.5) is 0 Å². The van der Waals surface area contributed by atoms with Gasteiger partial charge in [0.25, 0.3) is 0 Å². The minimum Gasteiger partial charge on any atom is -0.312 e. The van der Waals surface area contributed by atoms with Gasteiger partial charge in [-0.05, 0) is 42.1 Å². The monoisotopic (exact) mass is 287 g/mol. The van der Waals surface area contributed by atoms with Crippen LogP contribution in [0.3, 0.4) is 0 Å². The minimum atomic E-state index is 0.175. The lowest BCUT2D eigenvalue weighted by Crippen LogP contribution is -2.13. The van der Waals surface area contributed by atoms with Crippen molar-refractivity contribution in [2.24, 2.45) is 0 Å². The molecule has 0 aliphatic carbocycles. The maximum absolute atomic E-state index is 3.39. The predicted octanol–water partition coefficient (Wildman–Crippen LogP) is 5.38. The van der Waals surface area contributed by atoms with Gasteiger partial charge in [-0.25, -0.2) is 0 Å². The fourth-order valence-corrected chi connectivity index (χ4v) is 3.83. The summed E-state index contributed by atoms with van der Waals surface area (Å²) in [4.78, 5) is 2.80. The summed E-state index contributed by atoms with van der Waals surface area (Å²) >= 11 is 1.91. The average Bonchev–Trinajstić information content (AvgIpc) is 2.89. The molecule has 1 nitrogen and oxygen atoms in total. The average molecular weight is 287 g/mol. The Balaban J connectivity index is 2.43. The molecule has 20 heavy (non-hydrogen) atoms. The van der Waals surface area contributed by atoms with Crippen LogP contribution < -0.4 is 5.32 Å². The summed E-state index contributed by atoms with van der Waals surface area (Å²) in [6.07, 6.45) is 1.12. The molecule has 0 amide bonds. The zero-order valence-corrected chi connectivity index (χ0v) is 14.0. The lowest BCUT2D eigenvalue weighted by Gasteiger charge is -2.22. The van der Waals surface area contributed by atoms with Gasteiger partial charge in [-0.2, -0.15) is 0 Å². The predicted molar refractivity (Wildman–Crippen MR) is 90.5 cm³/mol. The highest BCUT2D eigenvalue weighted by molar-refractivity contribution is 7.15. The maximum atomic E-state index is 3.39. The molecule has 1 atom stereocenters. The van der Waals surface area contributed by atoms with Gasteiger partial charge in [0, 0.05) is 15.8 Å². The molecule has 2 rings (SSSR count). The van der Waals surface area contributed by atoms with Gasteiger partial charge in [0.2, 0.25) is 0 Å². The Bertz CT molecular complexity index is 559. The number of hydrogen-bond acceptors (Lipinski definition) is 2. The van der Waals surface area contributed by atoms with Gasteiger partial charge >= 0.3 is 0 Å². The Labute approximate surface area is 127 Å². The van der Waals surface area contributed by atoms with E-state index in [0.717, 1.165) is 6.42 Å². The number of benzene rings is 1. The first kappa shape index (κ1) is 15.3. The lowest BCUT2D eigenvalue weighted by molar-refractivity contribution is 0.586. The highest BCUT2D eigenvalue weighted by Gasteiger charge is 2.19. The number of hydrogen-bond donors (Lipinski definition) is 1. The molecule has 0 saturated carbocycles. The fraction of sp³-hybridized carbons (Fsp3) is 0.444. The third-order valence-corrected chi connectivity index (χ3v) is 4.96. The Morgan fingerprint density at radius 1 is 1.10 bits per heavy atom. The molecule has 1 aromatic heterocycles. The van der Waals surface area contributed by atoms with Crippen molar-refractivity contribution in [3.63, 3.8) is 0 Å². The molecular formula is C18H25NS. The first-order chi connectivity index (χ1) is 9.47. The second-order valence-electron chi connectivity index (χ2n) is 6.25. The smallest absolute Gasteiger partial charge is 0.0409 e. The van der Waals surface area contributed by atoms with E-state index in [1.807, 2.05) is 18.4 Å². The third-order valence-electron chi connectivity index (χ3n) is 3.73. The summed E-state index contributed by atoms with van der Waals surface area (Å²) in [5, 5.41) is 3.39. The van der Waals surface area contributed by atoms with Crippen molar-refractivity contribution in [3.05, 3.63) is 46.8 Å². The van der Waals surface area contributed by atoms with Crippen molar-refractivity contribution < 1.29 is 0 Å². The largest absolute Gasteiger partial charge is 0.312 e. The minimum absolute atomic E-state index is 0.175. The molecule has 2 aromatic rings. The molecule has 108 valence electrons. The molecule has 0 fully saturated rings. The first-order valence-corrected chi connectivity index (χ1v) is 8.16. The molecule has 0 aliphatic rings. The van der Waals surface area contributed by atoms with Crippen molar-refractivity contribution in [2.45, 2.75) is 45.6 Å². The van der Waals surface area contributed by atoms with Gasteiger partial charge in [-0.15, -0.1) is 11.3 Å². The van der Waals surface area contributed by atoms with E-state index < -0.39 is 0 Å². The van der Waals surface area contributed by atoms with Crippen LogP contribution in [0.15, 0.2) is 36.4 Å². The van der Waals surface area contributed by atoms with Gasteiger partial charge < -0.3 is 5.32 Å². The van der Waals surface area contributed by atoms with E-state index in [1.165, 1.54) is 20.9 Å². The van der Waals surface area contributed by atoms with Crippen LogP contribution in [0.1, 0.15) is 50.6 Å². The third kappa shape index (κ3) is 3.13. The van der Waals surface area contributed by atoms with Crippen LogP contribution in [-0.2, 0) is 5.41 Å². The van der Waals surface area contributed by atoms with Crippen LogP contribution in [0.2, 0.25) is 0 Å². The quantitative estimate of drug-likeness (QED) is 0.795. The summed E-state index contributed by atoms with van der Waals surface area (Å²) in [5.41, 5.74) is 2.97. The Hall–Kier alpha value is -1.12. The fourth-order valence-electron chi connectivity index (χ4n) is 2.58. The summed E-state index contributed by atoms with van der Waals surface area (Å²) < 4.78 is 0. The Morgan fingerprint density at radius 2 is 1.80 bits per heavy atom. The topological polar surface area (TPSA) is 12.0 Å². The van der Waals surface area contributed by atoms with E-state index in [1.54, 1.807) is 0 Å². The first-order valence-electron chi connectivity index (χ1n) is 7.34. The number of rotatable bonds is 4. The Kier molecular flexibility index (Phi) is 4.66. The summed E-state index contributed by atoms with van der Waals surface area (Å²) in [6, 6.07) is 13.8. The molecule has 1 aromatic carbocycles. The van der Waals surface area contributed by atoms with E-state index in [0.29, 0.717) is 6.04 Å². The van der Waals surface area contributed by atoms with Crippen LogP contribution in [0.5, 0.6) is 0 Å². The van der Waals surface area contributed by atoms with Gasteiger partial charge in [-0.1, -0.05) is 52.0 Å². The van der Waals surface area contributed by atoms with E-state index in [-0.39, 0.29) is 5.41 Å². The summed E-state index contributed by atoms with van der Waals surface area (Å²) in [7, 11) is 2.04. The second-order valence-corrected chi connectivity index (χ2v) is 7.36. The van der Waals surface area contributed by atoms with Gasteiger partial charge in [0.1, 0.15) is 0 Å². The molecule has 0 aliphatic heterocycles. The highest BCUT2D eigenvalue weighted by atomic mass is 32.1. The molecular weight excluding hydrogens is 262 g/mol. The van der Waals surface area contributed by atoms with Gasteiger partial charge in [0.15, 0.2) is 0 Å². The van der Waals surface area contributed by atoms with E-state index in [4.69, 9.17) is 0 Å². The standard InChI is InChI=1S/C18H25NS/c1-6-15(19-5)17-12-11-16(20-17)13-9-7-8-10-14(13)18(2,3)4/h7-12,15,19H,6H2,1-5H3. The van der Waals surface area contributed by atoms with Crippen molar-refractivity contribution in [1.82, 2.24) is 5.32 Å². The molecule has 2 heteroatoms. The Morgan fingerprint density at radius 3 is 2.40 bits per heavy atom. The molecule has 0 saturated heterocycles. The van der Waals surface area contributed by atoms with Crippen molar-refractivity contribution in [1.29, 1.82) is 0 Å². The maximum Gasteiger partial charge on any atom is 0.0409 e. The van der Waals surface area contributed by atoms with Crippen molar-refractivity contribution in [3.8, 4) is 10.4 Å². The molecule has 1 N–H and O–H groups in total. The molecule has 0 spiro atoms. The summed E-state index contributed by atoms with van der Waals surface area (Å²) in [5.74, 6) is 0. The van der Waals surface area contributed by atoms with Crippen molar-refractivity contribution in [2.75, 3.05) is 7.05 Å². The zero-order chi connectivity index (χ0) is 14.8. The summed E-state index contributed by atoms with van der Waals surface area (Å²) in [6.45, 7) is 9.07. The van der Waals surface area contributed by atoms with Crippen LogP contribution in [-0.4, -0.2) is 7.05 Å². The van der Waals surface area contributed by atoms with Crippen molar-refractivity contribution >= 4 is 11.3 Å². The zero-order valence-electron chi connectivity index (χ0n) is 13.2. The van der Waals surface area contributed by atoms with E-state index >= 15 is 0 Å². The van der Waals surface area contributed by atoms with Crippen LogP contribution in [0.25, 0.3) is 10.4 Å². The SMILES string of the molecule is CCC(NC)c1ccc(-c2ccccc2C(C)(C)C)s1. The molecule has 1 heterocycles. The van der Waals surface area contributed by atoms with Gasteiger partial charge in [0.05, 0.1) is 0 Å². The molecule has 0 bridgehead atoms. The molecule has 1 unspecified atom stereocenters. The highest BCUT2D eigenvalue weighted by Crippen LogP contribution is 2.38. The van der Waals surface area contributed by atoms with Gasteiger partial charge in [-0.3, -0.25) is 0 Å². The number of thiophene rings is 1. The second kappa shape index (κ2) is 6.11. The van der Waals surface area contributed by atoms with E-state index in [2.05, 4.69) is 69.4 Å². The number of nitrogens with one attached hydrogen (secondary N) is 1. The lowest BCUT2D eigenvalue weighted by atomic mass is 9.83. The normalized spacial score (nSPS) is 13.4. The molecule has 0 radical (unpaired) electrons. The van der Waals surface area contributed by atoms with Crippen LogP contribution >= 0.6 is 11.3 Å².